The molecule has 0 saturated heterocycles. The van der Waals surface area contributed by atoms with Crippen molar-refractivity contribution in [3.63, 3.8) is 0 Å². The Hall–Kier alpha value is -1.72. The molecule has 0 fully saturated rings. The second-order valence-corrected chi connectivity index (χ2v) is 4.61. The Bertz CT molecular complexity index is 483. The lowest BCUT2D eigenvalue weighted by atomic mass is 10.00. The number of rotatable bonds is 1. The molecule has 0 radical (unpaired) electrons. The summed E-state index contributed by atoms with van der Waals surface area (Å²) in [5.41, 5.74) is -0.0839. The van der Waals surface area contributed by atoms with Crippen molar-refractivity contribution in [3.05, 3.63) is 23.8 Å². The van der Waals surface area contributed by atoms with Gasteiger partial charge in [0, 0.05) is 0 Å². The molecule has 1 aliphatic heterocycles. The average Bonchev–Trinajstić information content (AvgIpc) is 2.25. The van der Waals surface area contributed by atoms with Crippen LogP contribution in [0.2, 0.25) is 0 Å². The van der Waals surface area contributed by atoms with Gasteiger partial charge in [-0.25, -0.2) is 0 Å². The molecule has 6 heteroatoms. The molecule has 0 aliphatic carbocycles. The zero-order chi connectivity index (χ0) is 13.5. The van der Waals surface area contributed by atoms with Crippen LogP contribution in [-0.2, 0) is 11.0 Å². The van der Waals surface area contributed by atoms with E-state index in [9.17, 15) is 18.0 Å². The molecule has 0 bridgehead atoms. The highest BCUT2D eigenvalue weighted by molar-refractivity contribution is 6.03. The number of carbonyl (C=O) groups is 1. The standard InChI is InChI=1S/C12H13F3N2O/c1-6(2)10-11(18)17-9-5-7(12(13,14)15)3-4-8(9)16-10/h3-6,10,16H,1-2H3,(H,17,18)/t10-/m1/s1. The van der Waals surface area contributed by atoms with Gasteiger partial charge in [0.1, 0.15) is 6.04 Å². The number of anilines is 2. The van der Waals surface area contributed by atoms with Gasteiger partial charge in [-0.15, -0.1) is 0 Å². The SMILES string of the molecule is CC(C)[C@H]1Nc2ccc(C(F)(F)F)cc2NC1=O. The summed E-state index contributed by atoms with van der Waals surface area (Å²) in [6.45, 7) is 3.73. The summed E-state index contributed by atoms with van der Waals surface area (Å²) in [5.74, 6) is -0.253. The highest BCUT2D eigenvalue weighted by atomic mass is 19.4. The van der Waals surface area contributed by atoms with E-state index in [2.05, 4.69) is 10.6 Å². The molecule has 3 nitrogen and oxygen atoms in total. The summed E-state index contributed by atoms with van der Waals surface area (Å²) in [4.78, 5) is 11.7. The first-order chi connectivity index (χ1) is 8.29. The average molecular weight is 258 g/mol. The molecule has 0 spiro atoms. The van der Waals surface area contributed by atoms with Crippen LogP contribution >= 0.6 is 0 Å². The van der Waals surface area contributed by atoms with Crippen molar-refractivity contribution in [1.29, 1.82) is 0 Å². The molecule has 0 aromatic heterocycles. The number of nitrogens with one attached hydrogen (secondary N) is 2. The van der Waals surface area contributed by atoms with Crippen LogP contribution in [-0.4, -0.2) is 11.9 Å². The Morgan fingerprint density at radius 2 is 1.89 bits per heavy atom. The van der Waals surface area contributed by atoms with Gasteiger partial charge in [0.15, 0.2) is 0 Å². The molecule has 2 N–H and O–H groups in total. The number of hydrogen-bond acceptors (Lipinski definition) is 2. The van der Waals surface area contributed by atoms with Gasteiger partial charge in [-0.2, -0.15) is 13.2 Å². The van der Waals surface area contributed by atoms with Gasteiger partial charge in [0.2, 0.25) is 5.91 Å². The Morgan fingerprint density at radius 1 is 1.22 bits per heavy atom. The molecular formula is C12H13F3N2O. The zero-order valence-corrected chi connectivity index (χ0v) is 9.93. The van der Waals surface area contributed by atoms with Crippen LogP contribution in [0.3, 0.4) is 0 Å². The highest BCUT2D eigenvalue weighted by Crippen LogP contribution is 2.36. The van der Waals surface area contributed by atoms with Crippen molar-refractivity contribution in [3.8, 4) is 0 Å². The fourth-order valence-corrected chi connectivity index (χ4v) is 1.86. The van der Waals surface area contributed by atoms with Crippen molar-refractivity contribution in [2.45, 2.75) is 26.1 Å². The second-order valence-electron chi connectivity index (χ2n) is 4.61. The smallest absolute Gasteiger partial charge is 0.372 e. The number of hydrogen-bond donors (Lipinski definition) is 2. The van der Waals surface area contributed by atoms with Gasteiger partial charge in [-0.3, -0.25) is 4.79 Å². The van der Waals surface area contributed by atoms with Crippen LogP contribution in [0.4, 0.5) is 24.5 Å². The van der Waals surface area contributed by atoms with Gasteiger partial charge < -0.3 is 10.6 Å². The van der Waals surface area contributed by atoms with Gasteiger partial charge in [0.25, 0.3) is 0 Å². The minimum absolute atomic E-state index is 0.0560. The Balaban J connectivity index is 2.35. The topological polar surface area (TPSA) is 41.1 Å². The van der Waals surface area contributed by atoms with Crippen molar-refractivity contribution >= 4 is 17.3 Å². The van der Waals surface area contributed by atoms with Crippen LogP contribution < -0.4 is 10.6 Å². The predicted octanol–water partition coefficient (Wildman–Crippen LogP) is 3.09. The number of amides is 1. The number of benzene rings is 1. The third-order valence-electron chi connectivity index (χ3n) is 2.86. The first kappa shape index (κ1) is 12.7. The van der Waals surface area contributed by atoms with Gasteiger partial charge >= 0.3 is 6.18 Å². The third-order valence-corrected chi connectivity index (χ3v) is 2.86. The monoisotopic (exact) mass is 258 g/mol. The highest BCUT2D eigenvalue weighted by Gasteiger charge is 2.33. The molecule has 1 aliphatic rings. The van der Waals surface area contributed by atoms with Gasteiger partial charge in [-0.1, -0.05) is 13.8 Å². The summed E-state index contributed by atoms with van der Waals surface area (Å²) in [7, 11) is 0. The molecule has 1 heterocycles. The number of alkyl halides is 3. The molecule has 1 atom stereocenters. The third kappa shape index (κ3) is 2.27. The van der Waals surface area contributed by atoms with Crippen LogP contribution in [0.15, 0.2) is 18.2 Å². The molecule has 0 unspecified atom stereocenters. The van der Waals surface area contributed by atoms with E-state index in [4.69, 9.17) is 0 Å². The van der Waals surface area contributed by atoms with E-state index < -0.39 is 17.8 Å². The number of carbonyl (C=O) groups excluding carboxylic acids is 1. The quantitative estimate of drug-likeness (QED) is 0.812. The maximum atomic E-state index is 12.5. The van der Waals surface area contributed by atoms with Crippen LogP contribution in [0.25, 0.3) is 0 Å². The van der Waals surface area contributed by atoms with E-state index in [1.54, 1.807) is 0 Å². The molecule has 1 aromatic rings. The van der Waals surface area contributed by atoms with E-state index >= 15 is 0 Å². The van der Waals surface area contributed by atoms with Gasteiger partial charge in [0.05, 0.1) is 16.9 Å². The van der Waals surface area contributed by atoms with Gasteiger partial charge in [-0.05, 0) is 24.1 Å². The molecule has 18 heavy (non-hydrogen) atoms. The molecule has 1 amide bonds. The largest absolute Gasteiger partial charge is 0.416 e. The first-order valence-electron chi connectivity index (χ1n) is 5.57. The second kappa shape index (κ2) is 4.19. The Labute approximate surface area is 102 Å². The van der Waals surface area contributed by atoms with Crippen LogP contribution in [0.5, 0.6) is 0 Å². The maximum Gasteiger partial charge on any atom is 0.416 e. The van der Waals surface area contributed by atoms with Crippen molar-refractivity contribution in [2.24, 2.45) is 5.92 Å². The first-order valence-corrected chi connectivity index (χ1v) is 5.57. The Morgan fingerprint density at radius 3 is 2.44 bits per heavy atom. The summed E-state index contributed by atoms with van der Waals surface area (Å²) < 4.78 is 37.6. The van der Waals surface area contributed by atoms with E-state index in [-0.39, 0.29) is 17.5 Å². The van der Waals surface area contributed by atoms with Crippen LogP contribution in [0, 0.1) is 5.92 Å². The lowest BCUT2D eigenvalue weighted by Crippen LogP contribution is -2.42. The summed E-state index contributed by atoms with van der Waals surface area (Å²) in [6.07, 6.45) is -4.41. The summed E-state index contributed by atoms with van der Waals surface area (Å²) in [5, 5.41) is 5.45. The van der Waals surface area contributed by atoms with Crippen molar-refractivity contribution < 1.29 is 18.0 Å². The predicted molar refractivity (Wildman–Crippen MR) is 62.3 cm³/mol. The van der Waals surface area contributed by atoms with E-state index in [0.29, 0.717) is 5.69 Å². The normalized spacial score (nSPS) is 19.2. The van der Waals surface area contributed by atoms with E-state index in [1.165, 1.54) is 6.07 Å². The minimum Gasteiger partial charge on any atom is -0.372 e. The van der Waals surface area contributed by atoms with Crippen molar-refractivity contribution in [2.75, 3.05) is 10.6 Å². The zero-order valence-electron chi connectivity index (χ0n) is 9.93. The molecule has 98 valence electrons. The maximum absolute atomic E-state index is 12.5. The fraction of sp³-hybridized carbons (Fsp3) is 0.417. The molecule has 0 saturated carbocycles. The van der Waals surface area contributed by atoms with E-state index in [1.807, 2.05) is 13.8 Å². The summed E-state index contributed by atoms with van der Waals surface area (Å²) in [6, 6.07) is 2.86. The summed E-state index contributed by atoms with van der Waals surface area (Å²) >= 11 is 0. The molecular weight excluding hydrogens is 245 g/mol. The Kier molecular flexibility index (Phi) is 2.96. The molecule has 1 aromatic carbocycles. The van der Waals surface area contributed by atoms with E-state index in [0.717, 1.165) is 12.1 Å². The lowest BCUT2D eigenvalue weighted by molar-refractivity contribution is -0.137. The van der Waals surface area contributed by atoms with Crippen LogP contribution in [0.1, 0.15) is 19.4 Å². The fourth-order valence-electron chi connectivity index (χ4n) is 1.86. The lowest BCUT2D eigenvalue weighted by Gasteiger charge is -2.29. The number of fused-ring (bicyclic) bond motifs is 1. The molecule has 2 rings (SSSR count). The minimum atomic E-state index is -4.41. The van der Waals surface area contributed by atoms with Crippen molar-refractivity contribution in [1.82, 2.24) is 0 Å². The number of halogens is 3.